The van der Waals surface area contributed by atoms with Crippen LogP contribution in [-0.2, 0) is 11.8 Å². The van der Waals surface area contributed by atoms with Crippen molar-refractivity contribution in [2.45, 2.75) is 29.1 Å². The number of benzene rings is 3. The number of carbonyl (C=O) groups is 2. The molecule has 17 heteroatoms. The largest absolute Gasteiger partial charge is 0.435 e. The van der Waals surface area contributed by atoms with Crippen LogP contribution in [0.3, 0.4) is 0 Å². The smallest absolute Gasteiger partial charge is 0.320 e. The van der Waals surface area contributed by atoms with Crippen molar-refractivity contribution in [1.29, 1.82) is 0 Å². The molecule has 1 N–H and O–H groups in total. The van der Waals surface area contributed by atoms with E-state index in [1.165, 1.54) is 23.9 Å². The van der Waals surface area contributed by atoms with Gasteiger partial charge >= 0.3 is 24.2 Å². The topological polar surface area (TPSA) is 49.4 Å². The standard InChI is InChI=1S/C26H16F11IN2O2S/c1-40(22(42)12-6-8-14(43-2)9-7-12)18-5-3-4-15(19(18)27)21(41)39-20-16(24(29,30)31)10-13(11-17(20)38)23(28,25(32,33)34)26(35,36)37/h3-11H,1-2H3,(H,39,41). The Kier molecular flexibility index (Phi) is 9.70. The minimum atomic E-state index is -6.70. The van der Waals surface area contributed by atoms with Crippen molar-refractivity contribution < 1.29 is 57.9 Å². The maximum absolute atomic E-state index is 15.4. The summed E-state index contributed by atoms with van der Waals surface area (Å²) in [5.41, 5.74) is -13.5. The molecule has 0 aliphatic rings. The molecule has 0 aromatic heterocycles. The van der Waals surface area contributed by atoms with Crippen molar-refractivity contribution in [2.75, 3.05) is 23.5 Å². The summed E-state index contributed by atoms with van der Waals surface area (Å²) in [6.45, 7) is 0. The lowest BCUT2D eigenvalue weighted by Gasteiger charge is -2.31. The Labute approximate surface area is 253 Å². The van der Waals surface area contributed by atoms with Gasteiger partial charge in [-0.3, -0.25) is 9.59 Å². The monoisotopic (exact) mass is 756 g/mol. The first-order valence-corrected chi connectivity index (χ1v) is 13.7. The summed E-state index contributed by atoms with van der Waals surface area (Å²) in [6, 6.07) is 8.23. The highest BCUT2D eigenvalue weighted by atomic mass is 127. The molecular weight excluding hydrogens is 740 g/mol. The molecule has 3 rings (SSSR count). The second-order valence-corrected chi connectivity index (χ2v) is 10.8. The minimum absolute atomic E-state index is 0.126. The average molecular weight is 756 g/mol. The highest BCUT2D eigenvalue weighted by Gasteiger charge is 2.73. The molecule has 0 heterocycles. The van der Waals surface area contributed by atoms with Gasteiger partial charge < -0.3 is 10.2 Å². The molecule has 0 saturated heterocycles. The van der Waals surface area contributed by atoms with Crippen molar-refractivity contribution in [2.24, 2.45) is 0 Å². The molecule has 0 unspecified atom stereocenters. The van der Waals surface area contributed by atoms with Gasteiger partial charge in [-0.15, -0.1) is 11.8 Å². The normalized spacial score (nSPS) is 12.7. The zero-order valence-corrected chi connectivity index (χ0v) is 24.4. The van der Waals surface area contributed by atoms with Crippen LogP contribution in [0.5, 0.6) is 0 Å². The molecule has 0 aliphatic carbocycles. The number of amides is 2. The lowest BCUT2D eigenvalue weighted by atomic mass is 9.92. The number of nitrogens with zero attached hydrogens (tertiary/aromatic N) is 1. The second kappa shape index (κ2) is 12.1. The van der Waals surface area contributed by atoms with E-state index < -0.39 is 79.5 Å². The number of carbonyl (C=O) groups excluding carboxylic acids is 2. The molecule has 0 spiro atoms. The number of rotatable bonds is 6. The number of hydrogen-bond donors (Lipinski definition) is 1. The third-order valence-electron chi connectivity index (χ3n) is 6.04. The van der Waals surface area contributed by atoms with Crippen LogP contribution in [-0.4, -0.2) is 37.5 Å². The zero-order chi connectivity index (χ0) is 32.7. The summed E-state index contributed by atoms with van der Waals surface area (Å²) in [5.74, 6) is -3.70. The van der Waals surface area contributed by atoms with Crippen LogP contribution < -0.4 is 10.2 Å². The predicted molar refractivity (Wildman–Crippen MR) is 144 cm³/mol. The van der Waals surface area contributed by atoms with Crippen molar-refractivity contribution in [3.63, 3.8) is 0 Å². The average Bonchev–Trinajstić information content (AvgIpc) is 2.90. The maximum atomic E-state index is 15.4. The van der Waals surface area contributed by atoms with Gasteiger partial charge in [0, 0.05) is 26.6 Å². The van der Waals surface area contributed by atoms with Gasteiger partial charge in [0.25, 0.3) is 11.8 Å². The Morgan fingerprint density at radius 3 is 1.91 bits per heavy atom. The first-order valence-electron chi connectivity index (χ1n) is 11.4. The molecule has 232 valence electrons. The molecule has 0 saturated carbocycles. The molecule has 4 nitrogen and oxygen atoms in total. The van der Waals surface area contributed by atoms with Crippen molar-refractivity contribution >= 4 is 57.5 Å². The van der Waals surface area contributed by atoms with Gasteiger partial charge in [0.2, 0.25) is 0 Å². The van der Waals surface area contributed by atoms with Crippen LogP contribution in [0.2, 0.25) is 0 Å². The minimum Gasteiger partial charge on any atom is -0.320 e. The first kappa shape index (κ1) is 34.4. The fraction of sp³-hybridized carbons (Fsp3) is 0.231. The van der Waals surface area contributed by atoms with E-state index >= 15 is 4.39 Å². The molecular formula is C26H16F11IN2O2S. The van der Waals surface area contributed by atoms with Gasteiger partial charge in [-0.2, -0.15) is 39.5 Å². The molecule has 3 aromatic carbocycles. The van der Waals surface area contributed by atoms with Crippen LogP contribution >= 0.6 is 34.4 Å². The SMILES string of the molecule is CSc1ccc(C(=O)N(C)c2cccc(C(=O)Nc3c(I)cc(C(F)(C(F)(F)F)C(F)(F)F)cc3C(F)(F)F)c2F)cc1. The second-order valence-electron chi connectivity index (χ2n) is 8.72. The molecule has 0 aliphatic heterocycles. The quantitative estimate of drug-likeness (QED) is 0.155. The van der Waals surface area contributed by atoms with Crippen molar-refractivity contribution in [1.82, 2.24) is 0 Å². The molecule has 3 aromatic rings. The summed E-state index contributed by atoms with van der Waals surface area (Å²) in [5, 5.41) is 1.64. The number of halogens is 12. The summed E-state index contributed by atoms with van der Waals surface area (Å²) in [6.07, 6.45) is -17.3. The molecule has 0 bridgehead atoms. The number of nitrogens with one attached hydrogen (secondary N) is 1. The Hall–Kier alpha value is -3.09. The first-order chi connectivity index (χ1) is 19.6. The summed E-state index contributed by atoms with van der Waals surface area (Å²) in [4.78, 5) is 27.4. The third kappa shape index (κ3) is 6.71. The number of alkyl halides is 10. The lowest BCUT2D eigenvalue weighted by Crippen LogP contribution is -2.50. The highest BCUT2D eigenvalue weighted by Crippen LogP contribution is 2.54. The number of anilines is 2. The van der Waals surface area contributed by atoms with E-state index in [1.54, 1.807) is 23.7 Å². The van der Waals surface area contributed by atoms with E-state index in [9.17, 15) is 53.5 Å². The number of hydrogen-bond acceptors (Lipinski definition) is 3. The Bertz CT molecular complexity index is 1520. The molecule has 0 radical (unpaired) electrons. The third-order valence-corrected chi connectivity index (χ3v) is 7.63. The summed E-state index contributed by atoms with van der Waals surface area (Å²) >= 11 is 2.27. The van der Waals surface area contributed by atoms with E-state index in [4.69, 9.17) is 0 Å². The molecule has 0 fully saturated rings. The van der Waals surface area contributed by atoms with Gasteiger partial charge in [0.1, 0.15) is 0 Å². The number of thioether (sulfide) groups is 1. The Morgan fingerprint density at radius 2 is 1.42 bits per heavy atom. The van der Waals surface area contributed by atoms with E-state index in [0.29, 0.717) is 0 Å². The van der Waals surface area contributed by atoms with Crippen molar-refractivity contribution in [3.8, 4) is 0 Å². The van der Waals surface area contributed by atoms with Gasteiger partial charge in [0.15, 0.2) is 5.82 Å². The van der Waals surface area contributed by atoms with Gasteiger partial charge in [0.05, 0.1) is 22.5 Å². The fourth-order valence-corrected chi connectivity index (χ4v) is 4.99. The van der Waals surface area contributed by atoms with Crippen molar-refractivity contribution in [3.05, 3.63) is 86.2 Å². The van der Waals surface area contributed by atoms with Crippen LogP contribution in [0, 0.1) is 9.39 Å². The highest BCUT2D eigenvalue weighted by molar-refractivity contribution is 14.1. The van der Waals surface area contributed by atoms with Gasteiger partial charge in [-0.1, -0.05) is 6.07 Å². The molecule has 2 amide bonds. The van der Waals surface area contributed by atoms with Crippen LogP contribution in [0.25, 0.3) is 0 Å². The van der Waals surface area contributed by atoms with E-state index in [-0.39, 0.29) is 11.6 Å². The fourth-order valence-electron chi connectivity index (χ4n) is 3.82. The Morgan fingerprint density at radius 1 is 0.860 bits per heavy atom. The predicted octanol–water partition coefficient (Wildman–Crippen LogP) is 8.99. The van der Waals surface area contributed by atoms with E-state index in [2.05, 4.69) is 0 Å². The summed E-state index contributed by atoms with van der Waals surface area (Å²) < 4.78 is 150. The van der Waals surface area contributed by atoms with Gasteiger partial charge in [-0.05, 0) is 77.4 Å². The Balaban J connectivity index is 2.05. The molecule has 0 atom stereocenters. The van der Waals surface area contributed by atoms with E-state index in [1.807, 2.05) is 0 Å². The maximum Gasteiger partial charge on any atom is 0.435 e. The van der Waals surface area contributed by atoms with Crippen LogP contribution in [0.15, 0.2) is 59.5 Å². The van der Waals surface area contributed by atoms with Gasteiger partial charge in [-0.25, -0.2) is 8.78 Å². The van der Waals surface area contributed by atoms with E-state index in [0.717, 1.165) is 57.6 Å². The lowest BCUT2D eigenvalue weighted by molar-refractivity contribution is -0.348. The van der Waals surface area contributed by atoms with Crippen LogP contribution in [0.1, 0.15) is 31.8 Å². The molecule has 43 heavy (non-hydrogen) atoms. The zero-order valence-electron chi connectivity index (χ0n) is 21.4. The van der Waals surface area contributed by atoms with Crippen LogP contribution in [0.4, 0.5) is 59.7 Å². The summed E-state index contributed by atoms with van der Waals surface area (Å²) in [7, 11) is 1.15.